The first-order chi connectivity index (χ1) is 12.1. The zero-order valence-electron chi connectivity index (χ0n) is 13.7. The first-order valence-corrected chi connectivity index (χ1v) is 8.67. The topological polar surface area (TPSA) is 61.4 Å². The molecule has 0 spiro atoms. The van der Waals surface area contributed by atoms with E-state index in [1.54, 1.807) is 29.2 Å². The van der Waals surface area contributed by atoms with E-state index < -0.39 is 6.04 Å². The smallest absolute Gasteiger partial charge is 0.318 e. The fourth-order valence-corrected chi connectivity index (χ4v) is 3.12. The number of carbonyl (C=O) groups excluding carboxylic acids is 2. The van der Waals surface area contributed by atoms with Gasteiger partial charge in [-0.15, -0.1) is 0 Å². The maximum Gasteiger partial charge on any atom is 0.318 e. The standard InChI is InChI=1S/C19H20ClN3O2/c20-15-9-4-5-10-16(15)22-18(24)17-11-6-12-23(17)19(25)21-13-14-7-2-1-3-8-14/h1-5,7-10,17H,6,11-13H2,(H,21,25)(H,22,24)/t17-/m0/s1. The maximum atomic E-state index is 12.6. The highest BCUT2D eigenvalue weighted by molar-refractivity contribution is 6.33. The van der Waals surface area contributed by atoms with Crippen molar-refractivity contribution in [1.29, 1.82) is 0 Å². The van der Waals surface area contributed by atoms with Gasteiger partial charge in [0.05, 0.1) is 10.7 Å². The zero-order valence-corrected chi connectivity index (χ0v) is 14.5. The summed E-state index contributed by atoms with van der Waals surface area (Å²) in [6, 6.07) is 16.1. The van der Waals surface area contributed by atoms with Crippen LogP contribution in [-0.4, -0.2) is 29.4 Å². The second-order valence-electron chi connectivity index (χ2n) is 5.96. The highest BCUT2D eigenvalue weighted by Crippen LogP contribution is 2.23. The molecule has 1 heterocycles. The van der Waals surface area contributed by atoms with Gasteiger partial charge >= 0.3 is 6.03 Å². The third kappa shape index (κ3) is 4.31. The Morgan fingerprint density at radius 3 is 2.56 bits per heavy atom. The van der Waals surface area contributed by atoms with Crippen molar-refractivity contribution >= 4 is 29.2 Å². The molecule has 25 heavy (non-hydrogen) atoms. The number of nitrogens with one attached hydrogen (secondary N) is 2. The minimum absolute atomic E-state index is 0.208. The number of hydrogen-bond acceptors (Lipinski definition) is 2. The average Bonchev–Trinajstić information content (AvgIpc) is 3.12. The number of rotatable bonds is 4. The second-order valence-corrected chi connectivity index (χ2v) is 6.37. The van der Waals surface area contributed by atoms with Gasteiger partial charge in [-0.3, -0.25) is 4.79 Å². The molecule has 0 bridgehead atoms. The molecule has 3 rings (SSSR count). The Bertz CT molecular complexity index is 751. The molecule has 1 aliphatic heterocycles. The summed E-state index contributed by atoms with van der Waals surface area (Å²) >= 11 is 6.08. The van der Waals surface area contributed by atoms with Gasteiger partial charge in [0, 0.05) is 13.1 Å². The molecule has 0 unspecified atom stereocenters. The lowest BCUT2D eigenvalue weighted by Gasteiger charge is -2.24. The van der Waals surface area contributed by atoms with E-state index in [0.29, 0.717) is 30.2 Å². The van der Waals surface area contributed by atoms with Gasteiger partial charge in [-0.1, -0.05) is 54.1 Å². The van der Waals surface area contributed by atoms with Crippen LogP contribution in [0.3, 0.4) is 0 Å². The van der Waals surface area contributed by atoms with Crippen molar-refractivity contribution < 1.29 is 9.59 Å². The number of urea groups is 1. The molecule has 1 aliphatic rings. The van der Waals surface area contributed by atoms with Gasteiger partial charge < -0.3 is 15.5 Å². The van der Waals surface area contributed by atoms with Crippen molar-refractivity contribution in [1.82, 2.24) is 10.2 Å². The van der Waals surface area contributed by atoms with Crippen LogP contribution >= 0.6 is 11.6 Å². The van der Waals surface area contributed by atoms with E-state index in [2.05, 4.69) is 10.6 Å². The van der Waals surface area contributed by atoms with Gasteiger partial charge in [-0.25, -0.2) is 4.79 Å². The first kappa shape index (κ1) is 17.3. The minimum Gasteiger partial charge on any atom is -0.334 e. The number of benzene rings is 2. The maximum absolute atomic E-state index is 12.6. The molecule has 2 N–H and O–H groups in total. The van der Waals surface area contributed by atoms with Crippen molar-refractivity contribution in [2.75, 3.05) is 11.9 Å². The number of nitrogens with zero attached hydrogens (tertiary/aromatic N) is 1. The van der Waals surface area contributed by atoms with Crippen LogP contribution in [0.2, 0.25) is 5.02 Å². The van der Waals surface area contributed by atoms with Gasteiger partial charge in [0.1, 0.15) is 6.04 Å². The average molecular weight is 358 g/mol. The molecule has 1 fully saturated rings. The van der Waals surface area contributed by atoms with Crippen LogP contribution < -0.4 is 10.6 Å². The minimum atomic E-state index is -0.480. The fraction of sp³-hybridized carbons (Fsp3) is 0.263. The Kier molecular flexibility index (Phi) is 5.56. The Hall–Kier alpha value is -2.53. The van der Waals surface area contributed by atoms with E-state index in [1.807, 2.05) is 30.3 Å². The van der Waals surface area contributed by atoms with E-state index in [1.165, 1.54) is 0 Å². The van der Waals surface area contributed by atoms with E-state index in [4.69, 9.17) is 11.6 Å². The molecule has 2 aromatic carbocycles. The molecule has 0 aromatic heterocycles. The third-order valence-corrected chi connectivity index (χ3v) is 4.56. The van der Waals surface area contributed by atoms with Crippen LogP contribution in [0.1, 0.15) is 18.4 Å². The van der Waals surface area contributed by atoms with Gasteiger partial charge in [-0.05, 0) is 30.5 Å². The van der Waals surface area contributed by atoms with Crippen LogP contribution in [-0.2, 0) is 11.3 Å². The summed E-state index contributed by atoms with van der Waals surface area (Å²) < 4.78 is 0. The van der Waals surface area contributed by atoms with Crippen LogP contribution in [0, 0.1) is 0 Å². The van der Waals surface area contributed by atoms with E-state index in [-0.39, 0.29) is 11.9 Å². The number of halogens is 1. The molecule has 5 nitrogen and oxygen atoms in total. The van der Waals surface area contributed by atoms with Crippen molar-refractivity contribution in [2.24, 2.45) is 0 Å². The summed E-state index contributed by atoms with van der Waals surface area (Å²) in [6.45, 7) is 1.01. The summed E-state index contributed by atoms with van der Waals surface area (Å²) in [6.07, 6.45) is 1.45. The quantitative estimate of drug-likeness (QED) is 0.877. The number of likely N-dealkylation sites (tertiary alicyclic amines) is 1. The molecule has 6 heteroatoms. The van der Waals surface area contributed by atoms with Crippen LogP contribution in [0.15, 0.2) is 54.6 Å². The summed E-state index contributed by atoms with van der Waals surface area (Å²) in [5.74, 6) is -0.208. The number of amides is 3. The molecular weight excluding hydrogens is 338 g/mol. The number of carbonyl (C=O) groups is 2. The lowest BCUT2D eigenvalue weighted by molar-refractivity contribution is -0.119. The number of anilines is 1. The largest absolute Gasteiger partial charge is 0.334 e. The Morgan fingerprint density at radius 1 is 1.08 bits per heavy atom. The lowest BCUT2D eigenvalue weighted by Crippen LogP contribution is -2.47. The number of para-hydroxylation sites is 1. The van der Waals surface area contributed by atoms with Gasteiger partial charge in [0.25, 0.3) is 0 Å². The second kappa shape index (κ2) is 8.03. The molecule has 1 atom stereocenters. The highest BCUT2D eigenvalue weighted by Gasteiger charge is 2.34. The van der Waals surface area contributed by atoms with Crippen LogP contribution in [0.25, 0.3) is 0 Å². The molecular formula is C19H20ClN3O2. The lowest BCUT2D eigenvalue weighted by atomic mass is 10.2. The summed E-state index contributed by atoms with van der Waals surface area (Å²) in [7, 11) is 0. The molecule has 130 valence electrons. The summed E-state index contributed by atoms with van der Waals surface area (Å²) in [5, 5.41) is 6.18. The summed E-state index contributed by atoms with van der Waals surface area (Å²) in [5.41, 5.74) is 1.58. The summed E-state index contributed by atoms with van der Waals surface area (Å²) in [4.78, 5) is 26.6. The molecule has 0 saturated carbocycles. The van der Waals surface area contributed by atoms with Crippen molar-refractivity contribution in [3.8, 4) is 0 Å². The number of hydrogen-bond donors (Lipinski definition) is 2. The molecule has 3 amide bonds. The van der Waals surface area contributed by atoms with Crippen molar-refractivity contribution in [3.05, 3.63) is 65.2 Å². The highest BCUT2D eigenvalue weighted by atomic mass is 35.5. The zero-order chi connectivity index (χ0) is 17.6. The molecule has 0 aliphatic carbocycles. The fourth-order valence-electron chi connectivity index (χ4n) is 2.94. The molecule has 1 saturated heterocycles. The predicted octanol–water partition coefficient (Wildman–Crippen LogP) is 3.65. The van der Waals surface area contributed by atoms with E-state index in [9.17, 15) is 9.59 Å². The van der Waals surface area contributed by atoms with E-state index >= 15 is 0 Å². The predicted molar refractivity (Wildman–Crippen MR) is 98.5 cm³/mol. The third-order valence-electron chi connectivity index (χ3n) is 4.23. The normalized spacial score (nSPS) is 16.5. The Balaban J connectivity index is 1.60. The van der Waals surface area contributed by atoms with Crippen LogP contribution in [0.5, 0.6) is 0 Å². The Labute approximate surface area is 152 Å². The van der Waals surface area contributed by atoms with Crippen molar-refractivity contribution in [3.63, 3.8) is 0 Å². The molecule has 2 aromatic rings. The SMILES string of the molecule is O=C(Nc1ccccc1Cl)[C@@H]1CCCN1C(=O)NCc1ccccc1. The van der Waals surface area contributed by atoms with Gasteiger partial charge in [0.15, 0.2) is 0 Å². The van der Waals surface area contributed by atoms with Crippen molar-refractivity contribution in [2.45, 2.75) is 25.4 Å². The Morgan fingerprint density at radius 2 is 1.80 bits per heavy atom. The van der Waals surface area contributed by atoms with E-state index in [0.717, 1.165) is 12.0 Å². The van der Waals surface area contributed by atoms with Gasteiger partial charge in [0.2, 0.25) is 5.91 Å². The molecule has 0 radical (unpaired) electrons. The first-order valence-electron chi connectivity index (χ1n) is 8.29. The van der Waals surface area contributed by atoms with Crippen LogP contribution in [0.4, 0.5) is 10.5 Å². The monoisotopic (exact) mass is 357 g/mol. The van der Waals surface area contributed by atoms with Gasteiger partial charge in [-0.2, -0.15) is 0 Å².